The van der Waals surface area contributed by atoms with Crippen LogP contribution < -0.4 is 10.9 Å². The number of carbonyl (C=O) groups is 1. The van der Waals surface area contributed by atoms with Crippen LogP contribution in [-0.4, -0.2) is 34.2 Å². The number of pyridine rings is 1. The Balaban J connectivity index is 1.99. The van der Waals surface area contributed by atoms with Crippen molar-refractivity contribution in [3.8, 4) is 0 Å². The number of aromatic amines is 1. The Bertz CT molecular complexity index is 1120. The number of nitrogens with zero attached hydrogens (tertiary/aromatic N) is 1. The van der Waals surface area contributed by atoms with Crippen LogP contribution in [0, 0.1) is 17.5 Å². The second kappa shape index (κ2) is 9.00. The molecule has 3 rings (SSSR count). The van der Waals surface area contributed by atoms with Crippen molar-refractivity contribution in [2.75, 3.05) is 18.5 Å². The Morgan fingerprint density at radius 1 is 1.13 bits per heavy atom. The monoisotopic (exact) mass is 419 g/mol. The first-order valence-corrected chi connectivity index (χ1v) is 9.26. The first-order valence-electron chi connectivity index (χ1n) is 9.26. The molecule has 0 bridgehead atoms. The van der Waals surface area contributed by atoms with Gasteiger partial charge in [0, 0.05) is 25.0 Å². The summed E-state index contributed by atoms with van der Waals surface area (Å²) in [5, 5.41) is 12.0. The molecule has 3 N–H and O–H groups in total. The Kier molecular flexibility index (Phi) is 6.41. The Morgan fingerprint density at radius 3 is 2.40 bits per heavy atom. The minimum absolute atomic E-state index is 0.0423. The fraction of sp³-hybridized carbons (Fsp3) is 0.238. The van der Waals surface area contributed by atoms with Gasteiger partial charge in [-0.2, -0.15) is 0 Å². The van der Waals surface area contributed by atoms with Gasteiger partial charge in [0.05, 0.1) is 11.4 Å². The molecule has 158 valence electrons. The normalized spacial score (nSPS) is 12.0. The molecule has 2 amide bonds. The van der Waals surface area contributed by atoms with E-state index < -0.39 is 35.1 Å². The molecular weight excluding hydrogens is 399 g/mol. The number of aliphatic hydroxyl groups excluding tert-OH is 1. The van der Waals surface area contributed by atoms with E-state index in [1.807, 2.05) is 0 Å². The van der Waals surface area contributed by atoms with Crippen LogP contribution in [0.4, 0.5) is 23.7 Å². The maximum absolute atomic E-state index is 13.9. The number of halogens is 3. The van der Waals surface area contributed by atoms with E-state index in [9.17, 15) is 27.9 Å². The van der Waals surface area contributed by atoms with Crippen LogP contribution in [0.15, 0.2) is 47.4 Å². The van der Waals surface area contributed by atoms with Crippen LogP contribution >= 0.6 is 0 Å². The number of fused-ring (bicyclic) bond motifs is 1. The fourth-order valence-electron chi connectivity index (χ4n) is 3.23. The number of aliphatic hydroxyl groups is 1. The zero-order valence-corrected chi connectivity index (χ0v) is 16.1. The van der Waals surface area contributed by atoms with E-state index in [0.717, 1.165) is 12.1 Å². The number of carbonyl (C=O) groups excluding carboxylic acids is 1. The van der Waals surface area contributed by atoms with Crippen LogP contribution in [0.25, 0.3) is 10.8 Å². The van der Waals surface area contributed by atoms with Crippen molar-refractivity contribution in [2.45, 2.75) is 19.4 Å². The molecule has 9 heteroatoms. The van der Waals surface area contributed by atoms with Crippen molar-refractivity contribution in [2.24, 2.45) is 0 Å². The van der Waals surface area contributed by atoms with Gasteiger partial charge < -0.3 is 20.3 Å². The summed E-state index contributed by atoms with van der Waals surface area (Å²) in [4.78, 5) is 28.8. The number of hydrogen-bond donors (Lipinski definition) is 3. The lowest BCUT2D eigenvalue weighted by Gasteiger charge is -2.30. The summed E-state index contributed by atoms with van der Waals surface area (Å²) in [7, 11) is 0. The molecule has 1 heterocycles. The molecule has 0 aliphatic heterocycles. The van der Waals surface area contributed by atoms with Gasteiger partial charge in [0.1, 0.15) is 5.82 Å². The third kappa shape index (κ3) is 4.46. The molecule has 0 aliphatic rings. The van der Waals surface area contributed by atoms with E-state index in [2.05, 4.69) is 10.3 Å². The average molecular weight is 419 g/mol. The van der Waals surface area contributed by atoms with Crippen molar-refractivity contribution in [3.05, 3.63) is 76.0 Å². The van der Waals surface area contributed by atoms with E-state index in [0.29, 0.717) is 11.3 Å². The highest BCUT2D eigenvalue weighted by Crippen LogP contribution is 2.28. The lowest BCUT2D eigenvalue weighted by molar-refractivity contribution is 0.182. The summed E-state index contributed by atoms with van der Waals surface area (Å²) in [6.07, 6.45) is 1.62. The highest BCUT2D eigenvalue weighted by Gasteiger charge is 2.24. The van der Waals surface area contributed by atoms with E-state index in [-0.39, 0.29) is 30.3 Å². The van der Waals surface area contributed by atoms with Gasteiger partial charge in [0.25, 0.3) is 5.56 Å². The van der Waals surface area contributed by atoms with Gasteiger partial charge in [0.2, 0.25) is 0 Å². The van der Waals surface area contributed by atoms with Crippen molar-refractivity contribution < 1.29 is 23.1 Å². The number of H-pyrrole nitrogens is 1. The van der Waals surface area contributed by atoms with Gasteiger partial charge in [-0.3, -0.25) is 4.79 Å². The van der Waals surface area contributed by atoms with Crippen molar-refractivity contribution >= 4 is 22.5 Å². The Morgan fingerprint density at radius 2 is 1.77 bits per heavy atom. The van der Waals surface area contributed by atoms with Gasteiger partial charge in [0.15, 0.2) is 11.6 Å². The summed E-state index contributed by atoms with van der Waals surface area (Å²) in [5.41, 5.74) is 0.176. The topological polar surface area (TPSA) is 85.4 Å². The lowest BCUT2D eigenvalue weighted by atomic mass is 10.0. The molecule has 0 aliphatic carbocycles. The molecule has 1 aromatic heterocycles. The van der Waals surface area contributed by atoms with Gasteiger partial charge in [-0.1, -0.05) is 0 Å². The third-order valence-electron chi connectivity index (χ3n) is 4.81. The minimum Gasteiger partial charge on any atom is -0.396 e. The molecule has 2 aromatic carbocycles. The summed E-state index contributed by atoms with van der Waals surface area (Å²) in [6, 6.07) is 5.73. The van der Waals surface area contributed by atoms with Gasteiger partial charge >= 0.3 is 6.03 Å². The smallest absolute Gasteiger partial charge is 0.322 e. The van der Waals surface area contributed by atoms with E-state index in [1.54, 1.807) is 6.92 Å². The summed E-state index contributed by atoms with van der Waals surface area (Å²) >= 11 is 0. The first-order chi connectivity index (χ1) is 14.3. The van der Waals surface area contributed by atoms with Crippen molar-refractivity contribution in [1.82, 2.24) is 9.88 Å². The third-order valence-corrected chi connectivity index (χ3v) is 4.81. The molecule has 6 nitrogen and oxygen atoms in total. The van der Waals surface area contributed by atoms with Crippen LogP contribution in [0.5, 0.6) is 0 Å². The van der Waals surface area contributed by atoms with E-state index >= 15 is 0 Å². The van der Waals surface area contributed by atoms with Gasteiger partial charge in [-0.05, 0) is 60.7 Å². The number of anilines is 1. The predicted molar refractivity (Wildman–Crippen MR) is 107 cm³/mol. The van der Waals surface area contributed by atoms with Crippen LogP contribution in [0.2, 0.25) is 0 Å². The molecule has 3 aromatic rings. The number of nitrogens with one attached hydrogen (secondary N) is 2. The van der Waals surface area contributed by atoms with Crippen LogP contribution in [-0.2, 0) is 0 Å². The molecule has 0 saturated carbocycles. The molecule has 30 heavy (non-hydrogen) atoms. The highest BCUT2D eigenvalue weighted by atomic mass is 19.2. The first kappa shape index (κ1) is 21.4. The van der Waals surface area contributed by atoms with Gasteiger partial charge in [-0.25, -0.2) is 18.0 Å². The van der Waals surface area contributed by atoms with Crippen molar-refractivity contribution in [3.63, 3.8) is 0 Å². The molecule has 0 spiro atoms. The maximum atomic E-state index is 13.9. The number of amides is 2. The highest BCUT2D eigenvalue weighted by molar-refractivity contribution is 5.91. The second-order valence-corrected chi connectivity index (χ2v) is 6.77. The number of aromatic nitrogens is 1. The largest absolute Gasteiger partial charge is 0.396 e. The molecule has 0 unspecified atom stereocenters. The number of urea groups is 1. The van der Waals surface area contributed by atoms with E-state index in [4.69, 9.17) is 0 Å². The average Bonchev–Trinajstić information content (AvgIpc) is 2.71. The summed E-state index contributed by atoms with van der Waals surface area (Å²) in [6.45, 7) is 1.64. The predicted octanol–water partition coefficient (Wildman–Crippen LogP) is 3.92. The Hall–Kier alpha value is -3.33. The van der Waals surface area contributed by atoms with Crippen molar-refractivity contribution in [1.29, 1.82) is 0 Å². The lowest BCUT2D eigenvalue weighted by Crippen LogP contribution is -2.38. The fourth-order valence-corrected chi connectivity index (χ4v) is 3.23. The molecule has 0 fully saturated rings. The summed E-state index contributed by atoms with van der Waals surface area (Å²) in [5.74, 6) is -2.71. The quantitative estimate of drug-likeness (QED) is 0.566. The molecule has 1 atom stereocenters. The van der Waals surface area contributed by atoms with Crippen LogP contribution in [0.3, 0.4) is 0 Å². The zero-order chi connectivity index (χ0) is 21.8. The minimum atomic E-state index is -1.15. The molecular formula is C21H20F3N3O3. The second-order valence-electron chi connectivity index (χ2n) is 6.77. The SMILES string of the molecule is C[C@@H](c1c[nH]c(=O)c2cc(F)c(F)cc12)N(CCCO)C(=O)Nc1ccc(F)cc1. The Labute approximate surface area is 170 Å². The number of rotatable bonds is 6. The number of hydrogen-bond acceptors (Lipinski definition) is 3. The maximum Gasteiger partial charge on any atom is 0.322 e. The molecule has 0 saturated heterocycles. The van der Waals surface area contributed by atoms with Gasteiger partial charge in [-0.15, -0.1) is 0 Å². The number of benzene rings is 2. The molecule has 0 radical (unpaired) electrons. The summed E-state index contributed by atoms with van der Waals surface area (Å²) < 4.78 is 40.6. The van der Waals surface area contributed by atoms with Crippen LogP contribution in [0.1, 0.15) is 24.9 Å². The van der Waals surface area contributed by atoms with E-state index in [1.165, 1.54) is 35.4 Å². The standard InChI is InChI=1S/C21H20F3N3O3/c1-12(17-11-25-20(29)16-10-19(24)18(23)9-15(16)17)27(7-2-8-28)21(30)26-14-5-3-13(22)4-6-14/h3-6,9-12,28H,2,7-8H2,1H3,(H,25,29)(H,26,30)/t12-/m0/s1. The zero-order valence-electron chi connectivity index (χ0n) is 16.1.